The van der Waals surface area contributed by atoms with Gasteiger partial charge in [-0.2, -0.15) is 0 Å². The molecule has 0 saturated carbocycles. The first kappa shape index (κ1) is 12.5. The van der Waals surface area contributed by atoms with E-state index in [1.54, 1.807) is 19.1 Å². The number of fused-ring (bicyclic) bond motifs is 1. The van der Waals surface area contributed by atoms with Crippen LogP contribution in [-0.2, 0) is 11.4 Å². The Morgan fingerprint density at radius 1 is 1.44 bits per heavy atom. The molecule has 0 spiro atoms. The molecule has 1 aromatic carbocycles. The van der Waals surface area contributed by atoms with Gasteiger partial charge < -0.3 is 24.4 Å². The first-order valence-corrected chi connectivity index (χ1v) is 5.58. The maximum atomic E-state index is 10.9. The Hall–Kier alpha value is -1.95. The average molecular weight is 254 g/mol. The summed E-state index contributed by atoms with van der Waals surface area (Å²) >= 11 is 0. The molecule has 0 saturated heterocycles. The minimum absolute atomic E-state index is 0.111. The van der Waals surface area contributed by atoms with Crippen molar-refractivity contribution in [2.24, 2.45) is 0 Å². The summed E-state index contributed by atoms with van der Waals surface area (Å²) in [6, 6.07) is 3.13. The minimum Gasteiger partial charge on any atom is -0.479 e. The Labute approximate surface area is 104 Å². The zero-order chi connectivity index (χ0) is 13.1. The summed E-state index contributed by atoms with van der Waals surface area (Å²) < 4.78 is 15.7. The number of benzene rings is 1. The second-order valence-corrected chi connectivity index (χ2v) is 3.82. The van der Waals surface area contributed by atoms with Crippen LogP contribution in [0.25, 0.3) is 0 Å². The number of carboxylic acids is 1. The zero-order valence-electron chi connectivity index (χ0n) is 9.88. The van der Waals surface area contributed by atoms with Crippen molar-refractivity contribution in [2.75, 3.05) is 6.79 Å². The largest absolute Gasteiger partial charge is 0.479 e. The van der Waals surface area contributed by atoms with Crippen LogP contribution in [0, 0.1) is 0 Å². The van der Waals surface area contributed by atoms with E-state index in [0.717, 1.165) is 0 Å². The molecule has 1 heterocycles. The molecule has 18 heavy (non-hydrogen) atoms. The second kappa shape index (κ2) is 5.14. The van der Waals surface area contributed by atoms with Crippen LogP contribution in [-0.4, -0.2) is 29.1 Å². The Bertz CT molecular complexity index is 456. The van der Waals surface area contributed by atoms with Gasteiger partial charge in [0.1, 0.15) is 5.75 Å². The number of aliphatic hydroxyl groups is 1. The van der Waals surface area contributed by atoms with Gasteiger partial charge in [-0.05, 0) is 12.5 Å². The first-order chi connectivity index (χ1) is 8.65. The lowest BCUT2D eigenvalue weighted by atomic mass is 10.1. The van der Waals surface area contributed by atoms with Crippen LogP contribution < -0.4 is 14.2 Å². The molecule has 0 radical (unpaired) electrons. The van der Waals surface area contributed by atoms with E-state index in [4.69, 9.17) is 19.3 Å². The van der Waals surface area contributed by atoms with E-state index < -0.39 is 12.1 Å². The fraction of sp³-hybridized carbons (Fsp3) is 0.417. The fourth-order valence-corrected chi connectivity index (χ4v) is 1.66. The van der Waals surface area contributed by atoms with Gasteiger partial charge in [0.2, 0.25) is 6.79 Å². The number of carboxylic acid groups (broad SMARTS) is 1. The highest BCUT2D eigenvalue weighted by molar-refractivity contribution is 5.72. The third kappa shape index (κ3) is 2.33. The monoisotopic (exact) mass is 254 g/mol. The lowest BCUT2D eigenvalue weighted by Gasteiger charge is -2.16. The van der Waals surface area contributed by atoms with Gasteiger partial charge in [-0.25, -0.2) is 4.79 Å². The Kier molecular flexibility index (Phi) is 3.57. The maximum absolute atomic E-state index is 10.9. The SMILES string of the molecule is CCC(Oc1cc2c(cc1CO)OCO2)C(=O)O. The number of carbonyl (C=O) groups is 1. The molecule has 2 N–H and O–H groups in total. The molecule has 1 aliphatic rings. The molecule has 0 fully saturated rings. The fourth-order valence-electron chi connectivity index (χ4n) is 1.66. The predicted octanol–water partition coefficient (Wildman–Crippen LogP) is 1.15. The topological polar surface area (TPSA) is 85.2 Å². The summed E-state index contributed by atoms with van der Waals surface area (Å²) in [7, 11) is 0. The van der Waals surface area contributed by atoms with Crippen molar-refractivity contribution in [3.63, 3.8) is 0 Å². The molecule has 0 aliphatic carbocycles. The minimum atomic E-state index is -1.04. The van der Waals surface area contributed by atoms with Crippen molar-refractivity contribution in [2.45, 2.75) is 26.1 Å². The predicted molar refractivity (Wildman–Crippen MR) is 60.8 cm³/mol. The molecule has 6 heteroatoms. The number of hydrogen-bond donors (Lipinski definition) is 2. The molecule has 1 aromatic rings. The summed E-state index contributed by atoms with van der Waals surface area (Å²) in [5, 5.41) is 18.2. The highest BCUT2D eigenvalue weighted by Gasteiger charge is 2.22. The number of aliphatic carboxylic acids is 1. The van der Waals surface area contributed by atoms with Crippen LogP contribution in [0.1, 0.15) is 18.9 Å². The van der Waals surface area contributed by atoms with Crippen LogP contribution in [0.5, 0.6) is 17.2 Å². The quantitative estimate of drug-likeness (QED) is 0.819. The molecular weight excluding hydrogens is 240 g/mol. The Morgan fingerprint density at radius 2 is 2.11 bits per heavy atom. The second-order valence-electron chi connectivity index (χ2n) is 3.82. The van der Waals surface area contributed by atoms with Crippen LogP contribution in [0.3, 0.4) is 0 Å². The van der Waals surface area contributed by atoms with Crippen molar-refractivity contribution in [3.8, 4) is 17.2 Å². The van der Waals surface area contributed by atoms with Crippen LogP contribution in [0.15, 0.2) is 12.1 Å². The molecular formula is C12H14O6. The van der Waals surface area contributed by atoms with Gasteiger partial charge in [0.05, 0.1) is 6.61 Å². The van der Waals surface area contributed by atoms with E-state index in [2.05, 4.69) is 0 Å². The molecule has 6 nitrogen and oxygen atoms in total. The van der Waals surface area contributed by atoms with E-state index >= 15 is 0 Å². The van der Waals surface area contributed by atoms with Crippen LogP contribution in [0.4, 0.5) is 0 Å². The highest BCUT2D eigenvalue weighted by atomic mass is 16.7. The van der Waals surface area contributed by atoms with Crippen molar-refractivity contribution < 1.29 is 29.2 Å². The van der Waals surface area contributed by atoms with Gasteiger partial charge in [0, 0.05) is 11.6 Å². The van der Waals surface area contributed by atoms with Gasteiger partial charge in [-0.3, -0.25) is 0 Å². The molecule has 2 rings (SSSR count). The van der Waals surface area contributed by atoms with Crippen LogP contribution >= 0.6 is 0 Å². The molecule has 0 bridgehead atoms. The third-order valence-electron chi connectivity index (χ3n) is 2.64. The first-order valence-electron chi connectivity index (χ1n) is 5.58. The van der Waals surface area contributed by atoms with Gasteiger partial charge in [-0.1, -0.05) is 6.92 Å². The van der Waals surface area contributed by atoms with Crippen molar-refractivity contribution in [3.05, 3.63) is 17.7 Å². The average Bonchev–Trinajstić information content (AvgIpc) is 2.81. The summed E-state index contributed by atoms with van der Waals surface area (Å²) in [6.07, 6.45) is -0.620. The van der Waals surface area contributed by atoms with Gasteiger partial charge in [-0.15, -0.1) is 0 Å². The normalized spacial score (nSPS) is 14.3. The van der Waals surface area contributed by atoms with Crippen molar-refractivity contribution in [1.82, 2.24) is 0 Å². The van der Waals surface area contributed by atoms with E-state index in [9.17, 15) is 9.90 Å². The van der Waals surface area contributed by atoms with E-state index in [1.807, 2.05) is 0 Å². The highest BCUT2D eigenvalue weighted by Crippen LogP contribution is 2.38. The molecule has 1 atom stereocenters. The molecule has 0 amide bonds. The lowest BCUT2D eigenvalue weighted by molar-refractivity contribution is -0.145. The smallest absolute Gasteiger partial charge is 0.344 e. The lowest BCUT2D eigenvalue weighted by Crippen LogP contribution is -2.26. The number of aliphatic hydroxyl groups excluding tert-OH is 1. The van der Waals surface area contributed by atoms with Crippen LogP contribution in [0.2, 0.25) is 0 Å². The number of rotatable bonds is 5. The number of hydrogen-bond acceptors (Lipinski definition) is 5. The van der Waals surface area contributed by atoms with Crippen molar-refractivity contribution in [1.29, 1.82) is 0 Å². The Balaban J connectivity index is 2.29. The van der Waals surface area contributed by atoms with Gasteiger partial charge >= 0.3 is 5.97 Å². The number of ether oxygens (including phenoxy) is 3. The van der Waals surface area contributed by atoms with Gasteiger partial charge in [0.15, 0.2) is 17.6 Å². The van der Waals surface area contributed by atoms with E-state index in [1.165, 1.54) is 0 Å². The van der Waals surface area contributed by atoms with E-state index in [0.29, 0.717) is 29.2 Å². The molecule has 1 unspecified atom stereocenters. The van der Waals surface area contributed by atoms with Gasteiger partial charge in [0.25, 0.3) is 0 Å². The molecule has 0 aromatic heterocycles. The summed E-state index contributed by atoms with van der Waals surface area (Å²) in [5.41, 5.74) is 0.471. The maximum Gasteiger partial charge on any atom is 0.344 e. The Morgan fingerprint density at radius 3 is 2.67 bits per heavy atom. The third-order valence-corrected chi connectivity index (χ3v) is 2.64. The summed E-state index contributed by atoms with van der Waals surface area (Å²) in [5.74, 6) is 0.271. The summed E-state index contributed by atoms with van der Waals surface area (Å²) in [6.45, 7) is 1.56. The summed E-state index contributed by atoms with van der Waals surface area (Å²) in [4.78, 5) is 10.9. The zero-order valence-corrected chi connectivity index (χ0v) is 9.88. The molecule has 1 aliphatic heterocycles. The van der Waals surface area contributed by atoms with Crippen molar-refractivity contribution >= 4 is 5.97 Å². The standard InChI is InChI=1S/C12H14O6/c1-2-8(12(14)15)18-9-4-11-10(16-6-17-11)3-7(9)5-13/h3-4,8,13H,2,5-6H2,1H3,(H,14,15). The molecule has 98 valence electrons. The van der Waals surface area contributed by atoms with E-state index in [-0.39, 0.29) is 13.4 Å².